The van der Waals surface area contributed by atoms with Gasteiger partial charge in [0.2, 0.25) is 11.7 Å². The second-order valence-electron chi connectivity index (χ2n) is 7.59. The molecule has 2 aromatic heterocycles. The van der Waals surface area contributed by atoms with E-state index >= 15 is 0 Å². The summed E-state index contributed by atoms with van der Waals surface area (Å²) in [6.45, 7) is 3.54. The molecule has 0 spiro atoms. The van der Waals surface area contributed by atoms with Crippen LogP contribution >= 0.6 is 0 Å². The molecule has 5 rings (SSSR count). The minimum atomic E-state index is 0.00298. The van der Waals surface area contributed by atoms with Gasteiger partial charge in [0.25, 0.3) is 5.56 Å². The lowest BCUT2D eigenvalue weighted by Gasteiger charge is -2.25. The Morgan fingerprint density at radius 1 is 1.00 bits per heavy atom. The summed E-state index contributed by atoms with van der Waals surface area (Å²) in [6.07, 6.45) is 5.08. The third kappa shape index (κ3) is 3.09. The SMILES string of the molecule is O=c1c2c(n(Cc3ccccc3)c3nc(N4CCOCC4)nn13)CCCCC2. The van der Waals surface area contributed by atoms with Crippen LogP contribution in [0.1, 0.15) is 36.1 Å². The van der Waals surface area contributed by atoms with Crippen molar-refractivity contribution in [2.24, 2.45) is 0 Å². The maximum atomic E-state index is 13.2. The second-order valence-corrected chi connectivity index (χ2v) is 7.59. The molecule has 1 saturated heterocycles. The van der Waals surface area contributed by atoms with E-state index in [4.69, 9.17) is 9.72 Å². The number of aromatic nitrogens is 4. The van der Waals surface area contributed by atoms with Crippen LogP contribution in [0.5, 0.6) is 0 Å². The maximum Gasteiger partial charge on any atom is 0.279 e. The molecule has 0 saturated carbocycles. The highest BCUT2D eigenvalue weighted by atomic mass is 16.5. The van der Waals surface area contributed by atoms with Crippen LogP contribution in [0.3, 0.4) is 0 Å². The van der Waals surface area contributed by atoms with Crippen molar-refractivity contribution in [1.29, 1.82) is 0 Å². The summed E-state index contributed by atoms with van der Waals surface area (Å²) >= 11 is 0. The molecular weight excluding hydrogens is 354 g/mol. The number of fused-ring (bicyclic) bond motifs is 2. The van der Waals surface area contributed by atoms with E-state index in [-0.39, 0.29) is 5.56 Å². The van der Waals surface area contributed by atoms with Crippen molar-refractivity contribution in [3.8, 4) is 0 Å². The molecule has 3 heterocycles. The van der Waals surface area contributed by atoms with Gasteiger partial charge in [0.15, 0.2) is 0 Å². The van der Waals surface area contributed by atoms with Gasteiger partial charge >= 0.3 is 0 Å². The van der Waals surface area contributed by atoms with Crippen LogP contribution in [-0.4, -0.2) is 45.5 Å². The molecule has 1 aliphatic heterocycles. The topological polar surface area (TPSA) is 64.7 Å². The number of nitrogens with zero attached hydrogens (tertiary/aromatic N) is 5. The summed E-state index contributed by atoms with van der Waals surface area (Å²) < 4.78 is 9.19. The van der Waals surface area contributed by atoms with E-state index in [0.717, 1.165) is 56.5 Å². The Bertz CT molecular complexity index is 1030. The minimum Gasteiger partial charge on any atom is -0.378 e. The number of hydrogen-bond donors (Lipinski definition) is 0. The van der Waals surface area contributed by atoms with Crippen molar-refractivity contribution >= 4 is 11.7 Å². The fraction of sp³-hybridized carbons (Fsp3) is 0.476. The van der Waals surface area contributed by atoms with Gasteiger partial charge in [-0.05, 0) is 31.2 Å². The molecule has 3 aromatic rings. The molecule has 0 N–H and O–H groups in total. The summed E-state index contributed by atoms with van der Waals surface area (Å²) in [5, 5.41) is 4.62. The van der Waals surface area contributed by atoms with Crippen LogP contribution < -0.4 is 10.5 Å². The standard InChI is InChI=1S/C21H25N5O2/c27-19-17-9-5-2-6-10-18(17)25(15-16-7-3-1-4-8-16)21-22-20(23-26(19)21)24-11-13-28-14-12-24/h1,3-4,7-8H,2,5-6,9-15H2. The number of anilines is 1. The van der Waals surface area contributed by atoms with Crippen molar-refractivity contribution in [3.05, 3.63) is 57.5 Å². The van der Waals surface area contributed by atoms with Crippen molar-refractivity contribution in [3.63, 3.8) is 0 Å². The summed E-state index contributed by atoms with van der Waals surface area (Å²) in [6, 6.07) is 10.4. The predicted octanol–water partition coefficient (Wildman–Crippen LogP) is 2.04. The van der Waals surface area contributed by atoms with Crippen molar-refractivity contribution in [2.45, 2.75) is 38.6 Å². The Hall–Kier alpha value is -2.67. The van der Waals surface area contributed by atoms with Crippen LogP contribution in [0.2, 0.25) is 0 Å². The van der Waals surface area contributed by atoms with E-state index in [1.807, 2.05) is 6.07 Å². The normalized spacial score (nSPS) is 17.5. The van der Waals surface area contributed by atoms with E-state index in [2.05, 4.69) is 38.8 Å². The first kappa shape index (κ1) is 17.4. The molecule has 2 aliphatic rings. The van der Waals surface area contributed by atoms with Gasteiger partial charge in [-0.1, -0.05) is 36.8 Å². The highest BCUT2D eigenvalue weighted by molar-refractivity contribution is 5.44. The highest BCUT2D eigenvalue weighted by Crippen LogP contribution is 2.22. The summed E-state index contributed by atoms with van der Waals surface area (Å²) in [7, 11) is 0. The lowest BCUT2D eigenvalue weighted by Crippen LogP contribution is -2.37. The zero-order valence-corrected chi connectivity index (χ0v) is 16.0. The van der Waals surface area contributed by atoms with Crippen LogP contribution in [0.4, 0.5) is 5.95 Å². The quantitative estimate of drug-likeness (QED) is 0.652. The molecular formula is C21H25N5O2. The third-order valence-corrected chi connectivity index (χ3v) is 5.76. The molecule has 7 heteroatoms. The first-order valence-electron chi connectivity index (χ1n) is 10.2. The summed E-state index contributed by atoms with van der Waals surface area (Å²) in [5.74, 6) is 1.28. The fourth-order valence-corrected chi connectivity index (χ4v) is 4.28. The Morgan fingerprint density at radius 2 is 1.79 bits per heavy atom. The minimum absolute atomic E-state index is 0.00298. The molecule has 0 amide bonds. The van der Waals surface area contributed by atoms with Crippen LogP contribution in [0, 0.1) is 0 Å². The van der Waals surface area contributed by atoms with Crippen molar-refractivity contribution < 1.29 is 4.74 Å². The molecule has 1 aliphatic carbocycles. The smallest absolute Gasteiger partial charge is 0.279 e. The molecule has 7 nitrogen and oxygen atoms in total. The van der Waals surface area contributed by atoms with E-state index in [1.54, 1.807) is 0 Å². The molecule has 0 radical (unpaired) electrons. The second kappa shape index (κ2) is 7.39. The first-order chi connectivity index (χ1) is 13.8. The molecule has 28 heavy (non-hydrogen) atoms. The highest BCUT2D eigenvalue weighted by Gasteiger charge is 2.24. The van der Waals surface area contributed by atoms with E-state index < -0.39 is 0 Å². The summed E-state index contributed by atoms with van der Waals surface area (Å²) in [5.41, 5.74) is 3.26. The fourth-order valence-electron chi connectivity index (χ4n) is 4.28. The Morgan fingerprint density at radius 3 is 2.61 bits per heavy atom. The van der Waals surface area contributed by atoms with Crippen LogP contribution in [-0.2, 0) is 24.1 Å². The maximum absolute atomic E-state index is 13.2. The van der Waals surface area contributed by atoms with Gasteiger partial charge < -0.3 is 14.2 Å². The Labute approximate surface area is 163 Å². The van der Waals surface area contributed by atoms with Gasteiger partial charge in [0.1, 0.15) is 0 Å². The average Bonchev–Trinajstić information content (AvgIpc) is 3.04. The zero-order chi connectivity index (χ0) is 18.9. The van der Waals surface area contributed by atoms with E-state index in [1.165, 1.54) is 10.1 Å². The van der Waals surface area contributed by atoms with E-state index in [9.17, 15) is 4.79 Å². The molecule has 0 atom stereocenters. The molecule has 1 fully saturated rings. The van der Waals surface area contributed by atoms with Crippen molar-refractivity contribution in [1.82, 2.24) is 19.2 Å². The zero-order valence-electron chi connectivity index (χ0n) is 16.0. The Balaban J connectivity index is 1.69. The molecule has 146 valence electrons. The molecule has 0 unspecified atom stereocenters. The largest absolute Gasteiger partial charge is 0.378 e. The number of hydrogen-bond acceptors (Lipinski definition) is 5. The lowest BCUT2D eigenvalue weighted by atomic mass is 10.1. The van der Waals surface area contributed by atoms with Gasteiger partial charge in [-0.25, -0.2) is 0 Å². The van der Waals surface area contributed by atoms with Gasteiger partial charge in [0, 0.05) is 24.3 Å². The number of morpholine rings is 1. The van der Waals surface area contributed by atoms with Gasteiger partial charge in [-0.2, -0.15) is 9.50 Å². The van der Waals surface area contributed by atoms with Crippen LogP contribution in [0.25, 0.3) is 5.78 Å². The summed E-state index contributed by atoms with van der Waals surface area (Å²) in [4.78, 5) is 20.2. The van der Waals surface area contributed by atoms with Gasteiger partial charge in [-0.3, -0.25) is 4.79 Å². The van der Waals surface area contributed by atoms with Crippen molar-refractivity contribution in [2.75, 3.05) is 31.2 Å². The third-order valence-electron chi connectivity index (χ3n) is 5.76. The van der Waals surface area contributed by atoms with Gasteiger partial charge in [-0.15, -0.1) is 5.10 Å². The number of benzene rings is 1. The number of rotatable bonds is 3. The number of ether oxygens (including phenoxy) is 1. The molecule has 0 bridgehead atoms. The average molecular weight is 379 g/mol. The van der Waals surface area contributed by atoms with Gasteiger partial charge in [0.05, 0.1) is 19.8 Å². The predicted molar refractivity (Wildman–Crippen MR) is 107 cm³/mol. The van der Waals surface area contributed by atoms with Crippen LogP contribution in [0.15, 0.2) is 35.1 Å². The molecule has 1 aromatic carbocycles. The lowest BCUT2D eigenvalue weighted by molar-refractivity contribution is 0.122. The monoisotopic (exact) mass is 379 g/mol. The van der Waals surface area contributed by atoms with E-state index in [0.29, 0.717) is 31.5 Å². The Kier molecular flexibility index (Phi) is 4.60. The first-order valence-corrected chi connectivity index (χ1v) is 10.2.